The number of rotatable bonds is 3. The van der Waals surface area contributed by atoms with Crippen molar-refractivity contribution in [1.29, 1.82) is 0 Å². The maximum atomic E-state index is 13.0. The van der Waals surface area contributed by atoms with E-state index >= 15 is 0 Å². The van der Waals surface area contributed by atoms with Gasteiger partial charge in [0, 0.05) is 0 Å². The molecule has 2 rings (SSSR count). The summed E-state index contributed by atoms with van der Waals surface area (Å²) >= 11 is 0. The van der Waals surface area contributed by atoms with Crippen molar-refractivity contribution >= 4 is 0 Å². The summed E-state index contributed by atoms with van der Waals surface area (Å²) in [5, 5.41) is 10.1. The Labute approximate surface area is 99.5 Å². The van der Waals surface area contributed by atoms with E-state index < -0.39 is 12.1 Å². The Kier molecular flexibility index (Phi) is 3.52. The van der Waals surface area contributed by atoms with Crippen molar-refractivity contribution in [3.63, 3.8) is 0 Å². The lowest BCUT2D eigenvalue weighted by molar-refractivity contribution is 0.146. The number of nitrogens with two attached hydrogens (primary N) is 1. The van der Waals surface area contributed by atoms with Crippen LogP contribution in [0.1, 0.15) is 23.3 Å². The fraction of sp³-hybridized carbons (Fsp3) is 0.143. The quantitative estimate of drug-likeness (QED) is 0.852. The van der Waals surface area contributed by atoms with E-state index in [0.717, 1.165) is 5.56 Å². The Morgan fingerprint density at radius 3 is 2.24 bits per heavy atom. The second-order valence-electron chi connectivity index (χ2n) is 3.94. The molecule has 0 aliphatic carbocycles. The van der Waals surface area contributed by atoms with Crippen LogP contribution in [-0.4, -0.2) is 5.11 Å². The maximum Gasteiger partial charge on any atom is 0.123 e. The third-order valence-corrected chi connectivity index (χ3v) is 2.71. The van der Waals surface area contributed by atoms with Crippen LogP contribution in [0.3, 0.4) is 0 Å². The second kappa shape index (κ2) is 5.08. The normalized spacial score (nSPS) is 14.3. The van der Waals surface area contributed by atoms with Crippen LogP contribution in [0.4, 0.5) is 4.39 Å². The van der Waals surface area contributed by atoms with Gasteiger partial charge in [-0.05, 0) is 23.3 Å². The van der Waals surface area contributed by atoms with Gasteiger partial charge in [-0.3, -0.25) is 0 Å². The van der Waals surface area contributed by atoms with Crippen LogP contribution in [0.5, 0.6) is 0 Å². The van der Waals surface area contributed by atoms with Crippen molar-refractivity contribution in [2.75, 3.05) is 0 Å². The Hall–Kier alpha value is -1.71. The Balaban J connectivity index is 2.23. The van der Waals surface area contributed by atoms with Crippen molar-refractivity contribution in [1.82, 2.24) is 0 Å². The number of hydrogen-bond donors (Lipinski definition) is 2. The van der Waals surface area contributed by atoms with Gasteiger partial charge < -0.3 is 10.8 Å². The van der Waals surface area contributed by atoms with Crippen molar-refractivity contribution in [2.24, 2.45) is 5.73 Å². The summed E-state index contributed by atoms with van der Waals surface area (Å²) in [5.41, 5.74) is 7.26. The average molecular weight is 231 g/mol. The summed E-state index contributed by atoms with van der Waals surface area (Å²) < 4.78 is 13.0. The molecule has 0 amide bonds. The Bertz CT molecular complexity index is 487. The molecule has 0 fully saturated rings. The molecule has 3 heteroatoms. The highest BCUT2D eigenvalue weighted by Gasteiger charge is 2.18. The van der Waals surface area contributed by atoms with Crippen LogP contribution in [0.2, 0.25) is 0 Å². The zero-order valence-corrected chi connectivity index (χ0v) is 9.25. The van der Waals surface area contributed by atoms with Crippen LogP contribution in [0, 0.1) is 5.82 Å². The molecule has 0 radical (unpaired) electrons. The second-order valence-corrected chi connectivity index (χ2v) is 3.94. The third kappa shape index (κ3) is 2.70. The largest absolute Gasteiger partial charge is 0.386 e. The number of benzene rings is 2. The SMILES string of the molecule is NC(c1ccccc1)C(O)c1cccc(F)c1. The van der Waals surface area contributed by atoms with E-state index in [2.05, 4.69) is 0 Å². The summed E-state index contributed by atoms with van der Waals surface area (Å²) in [7, 11) is 0. The van der Waals surface area contributed by atoms with Crippen molar-refractivity contribution < 1.29 is 9.50 Å². The van der Waals surface area contributed by atoms with E-state index in [1.54, 1.807) is 12.1 Å². The molecule has 0 aliphatic rings. The molecule has 0 heterocycles. The molecule has 2 nitrogen and oxygen atoms in total. The van der Waals surface area contributed by atoms with Crippen LogP contribution in [0.15, 0.2) is 54.6 Å². The first-order valence-electron chi connectivity index (χ1n) is 5.42. The minimum atomic E-state index is -0.909. The summed E-state index contributed by atoms with van der Waals surface area (Å²) in [6.45, 7) is 0. The molecule has 0 spiro atoms. The molecule has 0 aromatic heterocycles. The molecular formula is C14H14FNO. The number of halogens is 1. The maximum absolute atomic E-state index is 13.0. The predicted molar refractivity (Wildman–Crippen MR) is 64.7 cm³/mol. The van der Waals surface area contributed by atoms with Crippen LogP contribution >= 0.6 is 0 Å². The molecule has 0 saturated heterocycles. The minimum absolute atomic E-state index is 0.373. The average Bonchev–Trinajstić information content (AvgIpc) is 2.38. The molecule has 0 aliphatic heterocycles. The number of hydrogen-bond acceptors (Lipinski definition) is 2. The summed E-state index contributed by atoms with van der Waals surface area (Å²) in [4.78, 5) is 0. The van der Waals surface area contributed by atoms with Crippen LogP contribution in [-0.2, 0) is 0 Å². The first-order valence-corrected chi connectivity index (χ1v) is 5.42. The zero-order chi connectivity index (χ0) is 12.3. The highest BCUT2D eigenvalue weighted by Crippen LogP contribution is 2.26. The van der Waals surface area contributed by atoms with Gasteiger partial charge in [-0.1, -0.05) is 42.5 Å². The molecule has 17 heavy (non-hydrogen) atoms. The van der Waals surface area contributed by atoms with E-state index in [1.165, 1.54) is 12.1 Å². The number of aliphatic hydroxyl groups excluding tert-OH is 1. The number of aliphatic hydroxyl groups is 1. The fourth-order valence-corrected chi connectivity index (χ4v) is 1.76. The van der Waals surface area contributed by atoms with Gasteiger partial charge in [0.1, 0.15) is 5.82 Å². The molecule has 88 valence electrons. The van der Waals surface area contributed by atoms with Gasteiger partial charge in [0.2, 0.25) is 0 Å². The van der Waals surface area contributed by atoms with Gasteiger partial charge in [0.15, 0.2) is 0 Å². The predicted octanol–water partition coefficient (Wildman–Crippen LogP) is 2.56. The first-order chi connectivity index (χ1) is 8.18. The van der Waals surface area contributed by atoms with Crippen LogP contribution in [0.25, 0.3) is 0 Å². The molecule has 3 N–H and O–H groups in total. The van der Waals surface area contributed by atoms with E-state index in [4.69, 9.17) is 5.73 Å². The summed E-state index contributed by atoms with van der Waals surface area (Å²) in [6, 6.07) is 14.6. The van der Waals surface area contributed by atoms with Gasteiger partial charge in [-0.25, -0.2) is 4.39 Å². The lowest BCUT2D eigenvalue weighted by Gasteiger charge is -2.19. The fourth-order valence-electron chi connectivity index (χ4n) is 1.76. The molecular weight excluding hydrogens is 217 g/mol. The third-order valence-electron chi connectivity index (χ3n) is 2.71. The Morgan fingerprint density at radius 2 is 1.59 bits per heavy atom. The van der Waals surface area contributed by atoms with Crippen molar-refractivity contribution in [3.8, 4) is 0 Å². The highest BCUT2D eigenvalue weighted by atomic mass is 19.1. The Morgan fingerprint density at radius 1 is 0.941 bits per heavy atom. The molecule has 2 unspecified atom stereocenters. The summed E-state index contributed by atoms with van der Waals surface area (Å²) in [6.07, 6.45) is -0.909. The van der Waals surface area contributed by atoms with E-state index in [1.807, 2.05) is 30.3 Å². The molecule has 2 aromatic carbocycles. The van der Waals surface area contributed by atoms with Crippen molar-refractivity contribution in [3.05, 3.63) is 71.5 Å². The summed E-state index contributed by atoms with van der Waals surface area (Å²) in [5.74, 6) is -0.373. The standard InChI is InChI=1S/C14H14FNO/c15-12-8-4-7-11(9-12)14(17)13(16)10-5-2-1-3-6-10/h1-9,13-14,17H,16H2. The van der Waals surface area contributed by atoms with E-state index in [0.29, 0.717) is 5.56 Å². The topological polar surface area (TPSA) is 46.2 Å². The highest BCUT2D eigenvalue weighted by molar-refractivity contribution is 5.26. The van der Waals surface area contributed by atoms with Gasteiger partial charge in [0.05, 0.1) is 12.1 Å². The van der Waals surface area contributed by atoms with Crippen molar-refractivity contribution in [2.45, 2.75) is 12.1 Å². The monoisotopic (exact) mass is 231 g/mol. The van der Waals surface area contributed by atoms with Gasteiger partial charge in [0.25, 0.3) is 0 Å². The lowest BCUT2D eigenvalue weighted by atomic mass is 9.97. The van der Waals surface area contributed by atoms with E-state index in [9.17, 15) is 9.50 Å². The van der Waals surface area contributed by atoms with E-state index in [-0.39, 0.29) is 5.82 Å². The molecule has 0 saturated carbocycles. The van der Waals surface area contributed by atoms with Gasteiger partial charge >= 0.3 is 0 Å². The zero-order valence-electron chi connectivity index (χ0n) is 9.25. The molecule has 0 bridgehead atoms. The van der Waals surface area contributed by atoms with Gasteiger partial charge in [-0.15, -0.1) is 0 Å². The minimum Gasteiger partial charge on any atom is -0.386 e. The first kappa shape index (κ1) is 11.8. The van der Waals surface area contributed by atoms with Crippen LogP contribution < -0.4 is 5.73 Å². The smallest absolute Gasteiger partial charge is 0.123 e. The molecule has 2 atom stereocenters. The molecule has 2 aromatic rings. The van der Waals surface area contributed by atoms with Gasteiger partial charge in [-0.2, -0.15) is 0 Å². The lowest BCUT2D eigenvalue weighted by Crippen LogP contribution is -2.19.